The Morgan fingerprint density at radius 1 is 1.38 bits per heavy atom. The van der Waals surface area contributed by atoms with Crippen LogP contribution in [0.3, 0.4) is 0 Å². The predicted molar refractivity (Wildman–Crippen MR) is 48.9 cm³/mol. The lowest BCUT2D eigenvalue weighted by molar-refractivity contribution is 0.881. The lowest BCUT2D eigenvalue weighted by Crippen LogP contribution is -1.94. The number of H-pyrrole nitrogens is 1. The van der Waals surface area contributed by atoms with E-state index in [-0.39, 0.29) is 0 Å². The Hall–Kier alpha value is -1.30. The van der Waals surface area contributed by atoms with Crippen LogP contribution in [0.2, 0.25) is 0 Å². The molecule has 2 aromatic rings. The molecule has 0 aliphatic heterocycles. The van der Waals surface area contributed by atoms with Crippen LogP contribution in [0.1, 0.15) is 11.5 Å². The number of pyridine rings is 1. The number of aromatic amines is 1. The Morgan fingerprint density at radius 3 is 3.00 bits per heavy atom. The monoisotopic (exact) mass is 239 g/mol. The zero-order chi connectivity index (χ0) is 9.10. The Kier molecular flexibility index (Phi) is 2.31. The van der Waals surface area contributed by atoms with Crippen molar-refractivity contribution < 1.29 is 0 Å². The number of aromatic nitrogens is 5. The van der Waals surface area contributed by atoms with Crippen molar-refractivity contribution in [3.63, 3.8) is 0 Å². The number of nitrogens with one attached hydrogen (secondary N) is 1. The first-order chi connectivity index (χ1) is 6.34. The van der Waals surface area contributed by atoms with Crippen molar-refractivity contribution in [2.24, 2.45) is 0 Å². The molecule has 0 spiro atoms. The summed E-state index contributed by atoms with van der Waals surface area (Å²) in [4.78, 5) is 4.24. The van der Waals surface area contributed by atoms with Crippen LogP contribution in [0.25, 0.3) is 0 Å². The van der Waals surface area contributed by atoms with Gasteiger partial charge in [0.25, 0.3) is 0 Å². The largest absolute Gasteiger partial charge is 0.245 e. The smallest absolute Gasteiger partial charge is 0.180 e. The highest BCUT2D eigenvalue weighted by Crippen LogP contribution is 2.07. The Bertz CT molecular complexity index is 386. The second kappa shape index (κ2) is 3.61. The van der Waals surface area contributed by atoms with Gasteiger partial charge in [0.15, 0.2) is 5.82 Å². The maximum absolute atomic E-state index is 4.24. The maximum Gasteiger partial charge on any atom is 0.180 e. The van der Waals surface area contributed by atoms with Crippen LogP contribution in [-0.4, -0.2) is 25.6 Å². The zero-order valence-electron chi connectivity index (χ0n) is 6.61. The first-order valence-corrected chi connectivity index (χ1v) is 4.47. The third kappa shape index (κ3) is 2.09. The van der Waals surface area contributed by atoms with Gasteiger partial charge in [-0.25, -0.2) is 4.98 Å². The molecular formula is C7H6BrN5. The van der Waals surface area contributed by atoms with Crippen LogP contribution in [0.4, 0.5) is 0 Å². The minimum atomic E-state index is 0.593. The van der Waals surface area contributed by atoms with Gasteiger partial charge in [-0.05, 0) is 28.1 Å². The van der Waals surface area contributed by atoms with Crippen molar-refractivity contribution in [1.29, 1.82) is 0 Å². The van der Waals surface area contributed by atoms with Gasteiger partial charge in [-0.15, -0.1) is 10.2 Å². The van der Waals surface area contributed by atoms with E-state index in [9.17, 15) is 0 Å². The van der Waals surface area contributed by atoms with Gasteiger partial charge >= 0.3 is 0 Å². The van der Waals surface area contributed by atoms with Gasteiger partial charge in [-0.1, -0.05) is 11.3 Å². The molecule has 5 nitrogen and oxygen atoms in total. The van der Waals surface area contributed by atoms with Crippen LogP contribution in [-0.2, 0) is 6.42 Å². The summed E-state index contributed by atoms with van der Waals surface area (Å²) >= 11 is 3.29. The molecule has 1 N–H and O–H groups in total. The highest BCUT2D eigenvalue weighted by Gasteiger charge is 2.01. The van der Waals surface area contributed by atoms with Crippen LogP contribution in [0.15, 0.2) is 22.8 Å². The van der Waals surface area contributed by atoms with E-state index in [1.54, 1.807) is 0 Å². The van der Waals surface area contributed by atoms with Crippen molar-refractivity contribution in [2.45, 2.75) is 6.42 Å². The highest BCUT2D eigenvalue weighted by molar-refractivity contribution is 9.10. The van der Waals surface area contributed by atoms with Gasteiger partial charge < -0.3 is 0 Å². The van der Waals surface area contributed by atoms with E-state index >= 15 is 0 Å². The summed E-state index contributed by atoms with van der Waals surface area (Å²) < 4.78 is 0.813. The highest BCUT2D eigenvalue weighted by atomic mass is 79.9. The van der Waals surface area contributed by atoms with E-state index in [1.807, 2.05) is 18.2 Å². The average Bonchev–Trinajstić information content (AvgIpc) is 2.57. The number of hydrogen-bond donors (Lipinski definition) is 1. The molecule has 6 heteroatoms. The molecule has 0 aliphatic carbocycles. The predicted octanol–water partition coefficient (Wildman–Crippen LogP) is 0.948. The van der Waals surface area contributed by atoms with Crippen molar-refractivity contribution >= 4 is 15.9 Å². The maximum atomic E-state index is 4.24. The second-order valence-electron chi connectivity index (χ2n) is 2.46. The SMILES string of the molecule is Brc1cccc(Cc2nn[nH]n2)n1. The van der Waals surface area contributed by atoms with Gasteiger partial charge in [-0.2, -0.15) is 5.21 Å². The van der Waals surface area contributed by atoms with Crippen molar-refractivity contribution in [2.75, 3.05) is 0 Å². The molecule has 0 atom stereocenters. The van der Waals surface area contributed by atoms with E-state index in [4.69, 9.17) is 0 Å². The summed E-state index contributed by atoms with van der Waals surface area (Å²) in [5, 5.41) is 13.5. The van der Waals surface area contributed by atoms with Gasteiger partial charge in [0.2, 0.25) is 0 Å². The molecule has 0 radical (unpaired) electrons. The number of nitrogens with zero attached hydrogens (tertiary/aromatic N) is 4. The van der Waals surface area contributed by atoms with Gasteiger partial charge in [0.1, 0.15) is 4.60 Å². The van der Waals surface area contributed by atoms with E-state index < -0.39 is 0 Å². The molecule has 0 saturated carbocycles. The van der Waals surface area contributed by atoms with E-state index in [0.717, 1.165) is 10.3 Å². The summed E-state index contributed by atoms with van der Waals surface area (Å²) in [6, 6.07) is 5.72. The molecule has 0 aromatic carbocycles. The lowest BCUT2D eigenvalue weighted by Gasteiger charge is -1.95. The van der Waals surface area contributed by atoms with Gasteiger partial charge in [0.05, 0.1) is 6.42 Å². The minimum Gasteiger partial charge on any atom is -0.245 e. The summed E-state index contributed by atoms with van der Waals surface area (Å²) in [7, 11) is 0. The van der Waals surface area contributed by atoms with Crippen LogP contribution in [0, 0.1) is 0 Å². The summed E-state index contributed by atoms with van der Waals surface area (Å²) in [5.74, 6) is 0.644. The quantitative estimate of drug-likeness (QED) is 0.793. The standard InChI is InChI=1S/C7H6BrN5/c8-6-3-1-2-5(9-6)4-7-10-12-13-11-7/h1-3H,4H2,(H,10,11,12,13). The van der Waals surface area contributed by atoms with Crippen LogP contribution in [0.5, 0.6) is 0 Å². The molecule has 0 saturated heterocycles. The van der Waals surface area contributed by atoms with E-state index in [1.165, 1.54) is 0 Å². The number of halogens is 1. The van der Waals surface area contributed by atoms with Crippen LogP contribution >= 0.6 is 15.9 Å². The fourth-order valence-electron chi connectivity index (χ4n) is 0.968. The van der Waals surface area contributed by atoms with Crippen molar-refractivity contribution in [3.05, 3.63) is 34.3 Å². The molecule has 2 aromatic heterocycles. The third-order valence-corrected chi connectivity index (χ3v) is 1.94. The molecule has 13 heavy (non-hydrogen) atoms. The number of tetrazole rings is 1. The van der Waals surface area contributed by atoms with Gasteiger partial charge in [0, 0.05) is 5.69 Å². The molecule has 0 fully saturated rings. The van der Waals surface area contributed by atoms with E-state index in [2.05, 4.69) is 41.5 Å². The Labute approximate surface area is 82.7 Å². The molecular weight excluding hydrogens is 234 g/mol. The Balaban J connectivity index is 2.19. The molecule has 0 unspecified atom stereocenters. The van der Waals surface area contributed by atoms with E-state index in [0.29, 0.717) is 12.2 Å². The molecule has 66 valence electrons. The third-order valence-electron chi connectivity index (χ3n) is 1.50. The molecule has 0 aliphatic rings. The first kappa shape index (κ1) is 8.31. The fourth-order valence-corrected chi connectivity index (χ4v) is 1.35. The number of hydrogen-bond acceptors (Lipinski definition) is 4. The molecule has 2 rings (SSSR count). The normalized spacial score (nSPS) is 10.2. The Morgan fingerprint density at radius 2 is 2.31 bits per heavy atom. The van der Waals surface area contributed by atoms with Crippen molar-refractivity contribution in [1.82, 2.24) is 25.6 Å². The van der Waals surface area contributed by atoms with Crippen molar-refractivity contribution in [3.8, 4) is 0 Å². The minimum absolute atomic E-state index is 0.593. The molecule has 0 bridgehead atoms. The topological polar surface area (TPSA) is 67.3 Å². The average molecular weight is 240 g/mol. The lowest BCUT2D eigenvalue weighted by atomic mass is 10.3. The van der Waals surface area contributed by atoms with Gasteiger partial charge in [-0.3, -0.25) is 0 Å². The van der Waals surface area contributed by atoms with Crippen LogP contribution < -0.4 is 0 Å². The summed E-state index contributed by atoms with van der Waals surface area (Å²) in [5.41, 5.74) is 0.913. The molecule has 0 amide bonds. The fraction of sp³-hybridized carbons (Fsp3) is 0.143. The summed E-state index contributed by atoms with van der Waals surface area (Å²) in [6.07, 6.45) is 0.593. The summed E-state index contributed by atoms with van der Waals surface area (Å²) in [6.45, 7) is 0. The second-order valence-corrected chi connectivity index (χ2v) is 3.27. The molecule has 2 heterocycles. The number of rotatable bonds is 2. The zero-order valence-corrected chi connectivity index (χ0v) is 8.19. The first-order valence-electron chi connectivity index (χ1n) is 3.68.